The summed E-state index contributed by atoms with van der Waals surface area (Å²) in [5, 5.41) is 0.397. The van der Waals surface area contributed by atoms with Crippen LogP contribution in [0.3, 0.4) is 0 Å². The number of carbonyl (C=O) groups excluding carboxylic acids is 2. The molecule has 2 heterocycles. The molecule has 0 spiro atoms. The van der Waals surface area contributed by atoms with E-state index in [9.17, 15) is 9.59 Å². The molecule has 0 aromatic heterocycles. The zero-order chi connectivity index (χ0) is 15.0. The van der Waals surface area contributed by atoms with Gasteiger partial charge in [0.1, 0.15) is 0 Å². The highest BCUT2D eigenvalue weighted by Crippen LogP contribution is 2.39. The summed E-state index contributed by atoms with van der Waals surface area (Å²) in [5.41, 5.74) is 1.02. The number of nitrogens with zero attached hydrogens (tertiary/aromatic N) is 2. The number of carbonyl (C=O) groups is 2. The molecule has 0 saturated carbocycles. The minimum Gasteiger partial charge on any atom is -0.342 e. The third-order valence-electron chi connectivity index (χ3n) is 4.17. The first kappa shape index (κ1) is 14.4. The maximum Gasteiger partial charge on any atom is 0.232 e. The standard InChI is InChI=1S/C16H20N2O2S/c1-11-9-18(14-5-3-4-6-15(14)21-11)16(20)13-7-8-17(10-13)12(2)19/h3-6,11,13H,7-10H2,1-2H3/t11-,13+/m0/s1. The van der Waals surface area contributed by atoms with E-state index >= 15 is 0 Å². The Bertz CT molecular complexity index is 575. The van der Waals surface area contributed by atoms with E-state index < -0.39 is 0 Å². The molecule has 0 radical (unpaired) electrons. The minimum atomic E-state index is -0.0581. The summed E-state index contributed by atoms with van der Waals surface area (Å²) in [5.74, 6) is 0.170. The molecule has 1 aromatic rings. The smallest absolute Gasteiger partial charge is 0.232 e. The number of hydrogen-bond donors (Lipinski definition) is 0. The van der Waals surface area contributed by atoms with Crippen molar-refractivity contribution in [1.29, 1.82) is 0 Å². The predicted molar refractivity (Wildman–Crippen MR) is 84.5 cm³/mol. The molecule has 0 aliphatic carbocycles. The summed E-state index contributed by atoms with van der Waals surface area (Å²) in [6.45, 7) is 5.73. The van der Waals surface area contributed by atoms with Gasteiger partial charge in [-0.1, -0.05) is 19.1 Å². The summed E-state index contributed by atoms with van der Waals surface area (Å²) in [6.07, 6.45) is 0.776. The Labute approximate surface area is 129 Å². The fourth-order valence-electron chi connectivity index (χ4n) is 3.07. The molecule has 4 nitrogen and oxygen atoms in total. The number of likely N-dealkylation sites (tertiary alicyclic amines) is 1. The van der Waals surface area contributed by atoms with Crippen molar-refractivity contribution in [3.63, 3.8) is 0 Å². The lowest BCUT2D eigenvalue weighted by Gasteiger charge is -2.34. The maximum absolute atomic E-state index is 12.9. The first-order valence-corrected chi connectivity index (χ1v) is 8.27. The number of anilines is 1. The van der Waals surface area contributed by atoms with Gasteiger partial charge in [-0.05, 0) is 18.6 Å². The van der Waals surface area contributed by atoms with E-state index in [1.165, 1.54) is 4.90 Å². The van der Waals surface area contributed by atoms with Crippen molar-refractivity contribution in [1.82, 2.24) is 4.90 Å². The SMILES string of the molecule is CC(=O)N1CC[C@@H](C(=O)N2C[C@H](C)Sc3ccccc32)C1. The number of thioether (sulfide) groups is 1. The van der Waals surface area contributed by atoms with Crippen LogP contribution in [0.25, 0.3) is 0 Å². The van der Waals surface area contributed by atoms with E-state index in [-0.39, 0.29) is 17.7 Å². The fourth-order valence-corrected chi connectivity index (χ4v) is 4.18. The summed E-state index contributed by atoms with van der Waals surface area (Å²) < 4.78 is 0. The van der Waals surface area contributed by atoms with E-state index in [2.05, 4.69) is 13.0 Å². The first-order valence-electron chi connectivity index (χ1n) is 7.39. The van der Waals surface area contributed by atoms with Crippen LogP contribution in [0.5, 0.6) is 0 Å². The van der Waals surface area contributed by atoms with Crippen LogP contribution in [0.4, 0.5) is 5.69 Å². The topological polar surface area (TPSA) is 40.6 Å². The molecule has 1 saturated heterocycles. The van der Waals surface area contributed by atoms with Crippen molar-refractivity contribution in [2.75, 3.05) is 24.5 Å². The fraction of sp³-hybridized carbons (Fsp3) is 0.500. The molecule has 1 aromatic carbocycles. The van der Waals surface area contributed by atoms with Gasteiger partial charge in [0.25, 0.3) is 0 Å². The van der Waals surface area contributed by atoms with Gasteiger partial charge in [-0.3, -0.25) is 9.59 Å². The monoisotopic (exact) mass is 304 g/mol. The molecule has 2 aliphatic rings. The quantitative estimate of drug-likeness (QED) is 0.800. The van der Waals surface area contributed by atoms with Gasteiger partial charge in [-0.2, -0.15) is 0 Å². The van der Waals surface area contributed by atoms with Crippen LogP contribution in [-0.2, 0) is 9.59 Å². The maximum atomic E-state index is 12.9. The van der Waals surface area contributed by atoms with Gasteiger partial charge < -0.3 is 9.80 Å². The highest BCUT2D eigenvalue weighted by molar-refractivity contribution is 8.00. The second-order valence-corrected chi connectivity index (χ2v) is 7.28. The number of amides is 2. The highest BCUT2D eigenvalue weighted by atomic mass is 32.2. The molecule has 0 bridgehead atoms. The van der Waals surface area contributed by atoms with Gasteiger partial charge in [0.15, 0.2) is 0 Å². The second-order valence-electron chi connectivity index (χ2n) is 5.80. The molecule has 5 heteroatoms. The van der Waals surface area contributed by atoms with E-state index in [1.54, 1.807) is 11.8 Å². The van der Waals surface area contributed by atoms with Gasteiger partial charge in [-0.15, -0.1) is 11.8 Å². The summed E-state index contributed by atoms with van der Waals surface area (Å²) in [6, 6.07) is 8.09. The Morgan fingerprint density at radius 3 is 2.71 bits per heavy atom. The average molecular weight is 304 g/mol. The molecule has 1 fully saturated rings. The van der Waals surface area contributed by atoms with Gasteiger partial charge in [-0.25, -0.2) is 0 Å². The summed E-state index contributed by atoms with van der Waals surface area (Å²) in [4.78, 5) is 29.2. The van der Waals surface area contributed by atoms with E-state index in [1.807, 2.05) is 34.9 Å². The van der Waals surface area contributed by atoms with Gasteiger partial charge in [0, 0.05) is 36.7 Å². The van der Waals surface area contributed by atoms with E-state index in [0.29, 0.717) is 18.3 Å². The zero-order valence-corrected chi connectivity index (χ0v) is 13.2. The third-order valence-corrected chi connectivity index (χ3v) is 5.32. The molecule has 3 rings (SSSR count). The van der Waals surface area contributed by atoms with Crippen molar-refractivity contribution in [3.05, 3.63) is 24.3 Å². The van der Waals surface area contributed by atoms with Crippen LogP contribution in [0.2, 0.25) is 0 Å². The Kier molecular flexibility index (Phi) is 3.93. The lowest BCUT2D eigenvalue weighted by Crippen LogP contribution is -2.43. The highest BCUT2D eigenvalue weighted by Gasteiger charge is 2.35. The summed E-state index contributed by atoms with van der Waals surface area (Å²) in [7, 11) is 0. The van der Waals surface area contributed by atoms with Crippen LogP contribution in [-0.4, -0.2) is 41.6 Å². The lowest BCUT2D eigenvalue weighted by atomic mass is 10.1. The van der Waals surface area contributed by atoms with Gasteiger partial charge >= 0.3 is 0 Å². The predicted octanol–water partition coefficient (Wildman–Crippen LogP) is 2.38. The molecule has 21 heavy (non-hydrogen) atoms. The Hall–Kier alpha value is -1.49. The second kappa shape index (κ2) is 5.72. The summed E-state index contributed by atoms with van der Waals surface area (Å²) >= 11 is 1.82. The van der Waals surface area contributed by atoms with Crippen LogP contribution >= 0.6 is 11.8 Å². The molecular formula is C16H20N2O2S. The number of para-hydroxylation sites is 1. The van der Waals surface area contributed by atoms with Gasteiger partial charge in [0.2, 0.25) is 11.8 Å². The molecule has 112 valence electrons. The first-order chi connectivity index (χ1) is 10.1. The van der Waals surface area contributed by atoms with Crippen LogP contribution < -0.4 is 4.90 Å². The van der Waals surface area contributed by atoms with Crippen LogP contribution in [0, 0.1) is 5.92 Å². The van der Waals surface area contributed by atoms with Crippen LogP contribution in [0.1, 0.15) is 20.3 Å². The zero-order valence-electron chi connectivity index (χ0n) is 12.4. The normalized spacial score (nSPS) is 24.9. The lowest BCUT2D eigenvalue weighted by molar-refractivity contribution is -0.128. The number of fused-ring (bicyclic) bond motifs is 1. The number of rotatable bonds is 1. The van der Waals surface area contributed by atoms with Crippen molar-refractivity contribution in [3.8, 4) is 0 Å². The number of benzene rings is 1. The van der Waals surface area contributed by atoms with E-state index in [0.717, 1.165) is 18.7 Å². The average Bonchev–Trinajstić information content (AvgIpc) is 2.95. The molecule has 0 N–H and O–H groups in total. The van der Waals surface area contributed by atoms with Crippen molar-refractivity contribution >= 4 is 29.3 Å². The van der Waals surface area contributed by atoms with Crippen molar-refractivity contribution in [2.45, 2.75) is 30.4 Å². The Morgan fingerprint density at radius 1 is 1.24 bits per heavy atom. The third kappa shape index (κ3) is 2.79. The largest absolute Gasteiger partial charge is 0.342 e. The molecule has 2 atom stereocenters. The molecule has 2 aliphatic heterocycles. The Morgan fingerprint density at radius 2 is 2.00 bits per heavy atom. The van der Waals surface area contributed by atoms with Crippen molar-refractivity contribution in [2.24, 2.45) is 5.92 Å². The molecule has 2 amide bonds. The van der Waals surface area contributed by atoms with E-state index in [4.69, 9.17) is 0 Å². The van der Waals surface area contributed by atoms with Gasteiger partial charge in [0.05, 0.1) is 11.6 Å². The van der Waals surface area contributed by atoms with Crippen molar-refractivity contribution < 1.29 is 9.59 Å². The van der Waals surface area contributed by atoms with Crippen LogP contribution in [0.15, 0.2) is 29.2 Å². The molecule has 0 unspecified atom stereocenters. The number of hydrogen-bond acceptors (Lipinski definition) is 3. The minimum absolute atomic E-state index is 0.0581. The Balaban J connectivity index is 1.81. The molecular weight excluding hydrogens is 284 g/mol.